The van der Waals surface area contributed by atoms with Crippen molar-refractivity contribution in [1.82, 2.24) is 5.32 Å². The molecule has 0 spiro atoms. The van der Waals surface area contributed by atoms with E-state index in [4.69, 9.17) is 5.73 Å². The number of hydrogen-bond acceptors (Lipinski definition) is 2. The summed E-state index contributed by atoms with van der Waals surface area (Å²) in [6.07, 6.45) is 7.02. The summed E-state index contributed by atoms with van der Waals surface area (Å²) >= 11 is 0. The van der Waals surface area contributed by atoms with E-state index in [0.717, 1.165) is 23.7 Å². The molecule has 0 aromatic heterocycles. The highest BCUT2D eigenvalue weighted by Crippen LogP contribution is 2.53. The Balaban J connectivity index is 1.70. The lowest BCUT2D eigenvalue weighted by molar-refractivity contribution is -0.120. The van der Waals surface area contributed by atoms with Crippen molar-refractivity contribution < 1.29 is 4.79 Å². The fourth-order valence-electron chi connectivity index (χ4n) is 4.57. The summed E-state index contributed by atoms with van der Waals surface area (Å²) in [7, 11) is 0. The Labute approximate surface area is 97.2 Å². The minimum Gasteiger partial charge on any atom is -0.368 e. The molecule has 4 bridgehead atoms. The summed E-state index contributed by atoms with van der Waals surface area (Å²) in [5.74, 6) is 3.40. The average Bonchev–Trinajstić information content (AvgIpc) is 2.21. The van der Waals surface area contributed by atoms with Crippen LogP contribution in [0.4, 0.5) is 0 Å². The number of nitrogens with one attached hydrogen (secondary N) is 1. The summed E-state index contributed by atoms with van der Waals surface area (Å²) in [5.41, 5.74) is 5.34. The summed E-state index contributed by atoms with van der Waals surface area (Å²) in [5, 5.41) is 3.49. The highest BCUT2D eigenvalue weighted by atomic mass is 16.1. The predicted molar refractivity (Wildman–Crippen MR) is 62.6 cm³/mol. The molecule has 0 aromatic carbocycles. The molecule has 16 heavy (non-hydrogen) atoms. The minimum absolute atomic E-state index is 0.164. The van der Waals surface area contributed by atoms with E-state index in [-0.39, 0.29) is 11.9 Å². The molecule has 4 fully saturated rings. The Morgan fingerprint density at radius 2 is 1.62 bits per heavy atom. The minimum atomic E-state index is -0.214. The van der Waals surface area contributed by atoms with Gasteiger partial charge in [-0.25, -0.2) is 0 Å². The zero-order valence-corrected chi connectivity index (χ0v) is 9.99. The summed E-state index contributed by atoms with van der Waals surface area (Å²) in [6.45, 7) is 1.90. The molecule has 4 saturated carbocycles. The van der Waals surface area contributed by atoms with Gasteiger partial charge in [0.05, 0.1) is 6.04 Å². The topological polar surface area (TPSA) is 55.1 Å². The van der Waals surface area contributed by atoms with Gasteiger partial charge in [0.2, 0.25) is 5.91 Å². The van der Waals surface area contributed by atoms with Gasteiger partial charge in [0.25, 0.3) is 0 Å². The Bertz CT molecular complexity index is 274. The number of carbonyl (C=O) groups is 1. The van der Waals surface area contributed by atoms with Crippen LogP contribution >= 0.6 is 0 Å². The molecule has 4 aliphatic carbocycles. The maximum Gasteiger partial charge on any atom is 0.234 e. The smallest absolute Gasteiger partial charge is 0.234 e. The lowest BCUT2D eigenvalue weighted by atomic mass is 9.54. The number of nitrogens with two attached hydrogens (primary N) is 1. The Morgan fingerprint density at radius 1 is 1.12 bits per heavy atom. The number of primary amides is 1. The van der Waals surface area contributed by atoms with Crippen molar-refractivity contribution >= 4 is 5.91 Å². The van der Waals surface area contributed by atoms with Crippen molar-refractivity contribution in [3.63, 3.8) is 0 Å². The van der Waals surface area contributed by atoms with Gasteiger partial charge in [0, 0.05) is 6.04 Å². The fourth-order valence-corrected chi connectivity index (χ4v) is 4.57. The third-order valence-electron chi connectivity index (χ3n) is 5.10. The molecule has 0 heterocycles. The summed E-state index contributed by atoms with van der Waals surface area (Å²) < 4.78 is 0. The molecule has 3 heteroatoms. The highest BCUT2D eigenvalue weighted by molar-refractivity contribution is 5.79. The Kier molecular flexibility index (Phi) is 2.46. The third kappa shape index (κ3) is 1.65. The van der Waals surface area contributed by atoms with E-state index in [0.29, 0.717) is 6.04 Å². The second kappa shape index (κ2) is 3.73. The van der Waals surface area contributed by atoms with Gasteiger partial charge in [0.15, 0.2) is 0 Å². The van der Waals surface area contributed by atoms with Gasteiger partial charge < -0.3 is 11.1 Å². The Hall–Kier alpha value is -0.570. The van der Waals surface area contributed by atoms with Gasteiger partial charge in [-0.1, -0.05) is 0 Å². The molecule has 1 unspecified atom stereocenters. The largest absolute Gasteiger partial charge is 0.368 e. The van der Waals surface area contributed by atoms with Crippen LogP contribution in [-0.2, 0) is 4.79 Å². The first-order chi connectivity index (χ1) is 7.63. The number of rotatable bonds is 3. The summed E-state index contributed by atoms with van der Waals surface area (Å²) in [6, 6.07) is 0.401. The molecule has 4 aliphatic rings. The third-order valence-corrected chi connectivity index (χ3v) is 5.10. The second-order valence-electron chi connectivity index (χ2n) is 6.25. The van der Waals surface area contributed by atoms with Crippen molar-refractivity contribution in [3.8, 4) is 0 Å². The van der Waals surface area contributed by atoms with Crippen molar-refractivity contribution in [2.75, 3.05) is 0 Å². The predicted octanol–water partition coefficient (Wildman–Crippen LogP) is 1.27. The SMILES string of the molecule is CC(NC1C2CC3CC(C2)CC1C3)C(N)=O. The van der Waals surface area contributed by atoms with Crippen LogP contribution in [0.3, 0.4) is 0 Å². The van der Waals surface area contributed by atoms with Gasteiger partial charge in [-0.2, -0.15) is 0 Å². The van der Waals surface area contributed by atoms with Crippen LogP contribution in [0.25, 0.3) is 0 Å². The zero-order valence-electron chi connectivity index (χ0n) is 9.99. The molecule has 0 aliphatic heterocycles. The molecule has 3 nitrogen and oxygen atoms in total. The second-order valence-corrected chi connectivity index (χ2v) is 6.25. The van der Waals surface area contributed by atoms with Crippen LogP contribution in [0.5, 0.6) is 0 Å². The summed E-state index contributed by atoms with van der Waals surface area (Å²) in [4.78, 5) is 11.1. The van der Waals surface area contributed by atoms with E-state index in [1.54, 1.807) is 0 Å². The standard InChI is InChI=1S/C13H22N2O/c1-7(13(14)16)15-12-10-3-8-2-9(5-10)6-11(12)4-8/h7-12,15H,2-6H2,1H3,(H2,14,16). The van der Waals surface area contributed by atoms with E-state index >= 15 is 0 Å². The Morgan fingerprint density at radius 3 is 2.06 bits per heavy atom. The van der Waals surface area contributed by atoms with E-state index in [2.05, 4.69) is 5.32 Å². The quantitative estimate of drug-likeness (QED) is 0.755. The van der Waals surface area contributed by atoms with Crippen molar-refractivity contribution in [3.05, 3.63) is 0 Å². The molecule has 0 saturated heterocycles. The van der Waals surface area contributed by atoms with E-state index in [1.165, 1.54) is 32.1 Å². The van der Waals surface area contributed by atoms with Crippen molar-refractivity contribution in [2.45, 2.75) is 51.1 Å². The molecule has 4 rings (SSSR count). The normalized spacial score (nSPS) is 46.9. The van der Waals surface area contributed by atoms with Gasteiger partial charge in [-0.05, 0) is 62.7 Å². The maximum atomic E-state index is 11.1. The molecular formula is C13H22N2O. The molecule has 1 atom stereocenters. The molecule has 1 amide bonds. The zero-order chi connectivity index (χ0) is 11.3. The molecule has 90 valence electrons. The van der Waals surface area contributed by atoms with Crippen LogP contribution in [0.15, 0.2) is 0 Å². The number of hydrogen-bond donors (Lipinski definition) is 2. The van der Waals surface area contributed by atoms with Crippen molar-refractivity contribution in [2.24, 2.45) is 29.4 Å². The lowest BCUT2D eigenvalue weighted by Crippen LogP contribution is -2.58. The van der Waals surface area contributed by atoms with E-state index in [9.17, 15) is 4.79 Å². The van der Waals surface area contributed by atoms with Gasteiger partial charge in [-0.3, -0.25) is 4.79 Å². The van der Waals surface area contributed by atoms with Crippen LogP contribution in [0.2, 0.25) is 0 Å². The van der Waals surface area contributed by atoms with Crippen LogP contribution in [-0.4, -0.2) is 18.0 Å². The van der Waals surface area contributed by atoms with E-state index in [1.807, 2.05) is 6.92 Å². The van der Waals surface area contributed by atoms with Gasteiger partial charge in [-0.15, -0.1) is 0 Å². The average molecular weight is 222 g/mol. The molecule has 3 N–H and O–H groups in total. The lowest BCUT2D eigenvalue weighted by Gasteiger charge is -2.55. The first-order valence-corrected chi connectivity index (χ1v) is 6.69. The molecule has 0 radical (unpaired) electrons. The number of amides is 1. The molecule has 0 aromatic rings. The van der Waals surface area contributed by atoms with Crippen molar-refractivity contribution in [1.29, 1.82) is 0 Å². The first-order valence-electron chi connectivity index (χ1n) is 6.69. The first kappa shape index (κ1) is 10.6. The van der Waals surface area contributed by atoms with Crippen LogP contribution in [0, 0.1) is 23.7 Å². The molecular weight excluding hydrogens is 200 g/mol. The van der Waals surface area contributed by atoms with Gasteiger partial charge >= 0.3 is 0 Å². The number of carbonyl (C=O) groups excluding carboxylic acids is 1. The maximum absolute atomic E-state index is 11.1. The van der Waals surface area contributed by atoms with E-state index < -0.39 is 0 Å². The fraction of sp³-hybridized carbons (Fsp3) is 0.923. The monoisotopic (exact) mass is 222 g/mol. The van der Waals surface area contributed by atoms with Crippen LogP contribution in [0.1, 0.15) is 39.0 Å². The highest BCUT2D eigenvalue weighted by Gasteiger charge is 2.48. The van der Waals surface area contributed by atoms with Crippen LogP contribution < -0.4 is 11.1 Å². The van der Waals surface area contributed by atoms with Gasteiger partial charge in [0.1, 0.15) is 0 Å².